The molecule has 1 fully saturated rings. The number of pyridine rings is 1. The number of amides is 1. The molecule has 2 atom stereocenters. The number of ether oxygens (including phenoxy) is 1. The Balaban J connectivity index is 1.40. The number of aromatic nitrogens is 3. The Kier molecular flexibility index (Phi) is 6.94. The monoisotopic (exact) mass is 481 g/mol. The highest BCUT2D eigenvalue weighted by atomic mass is 16.5. The molecule has 9 heteroatoms. The van der Waals surface area contributed by atoms with Crippen molar-refractivity contribution in [2.24, 2.45) is 5.73 Å². The zero-order valence-electron chi connectivity index (χ0n) is 19.6. The van der Waals surface area contributed by atoms with Crippen LogP contribution in [0.3, 0.4) is 0 Å². The summed E-state index contributed by atoms with van der Waals surface area (Å²) in [6.07, 6.45) is 4.58. The Labute approximate surface area is 208 Å². The van der Waals surface area contributed by atoms with Gasteiger partial charge < -0.3 is 26.4 Å². The first-order valence-electron chi connectivity index (χ1n) is 11.7. The first-order valence-corrected chi connectivity index (χ1v) is 11.7. The van der Waals surface area contributed by atoms with Crippen LogP contribution >= 0.6 is 0 Å². The van der Waals surface area contributed by atoms with Gasteiger partial charge in [0.25, 0.3) is 0 Å². The lowest BCUT2D eigenvalue weighted by Crippen LogP contribution is -2.47. The summed E-state index contributed by atoms with van der Waals surface area (Å²) < 4.78 is 5.94. The number of hydrogen-bond acceptors (Lipinski definition) is 8. The maximum Gasteiger partial charge on any atom is 0.247 e. The number of nitrogens with zero attached hydrogens (tertiary/aromatic N) is 3. The predicted molar refractivity (Wildman–Crippen MR) is 141 cm³/mol. The van der Waals surface area contributed by atoms with Crippen molar-refractivity contribution in [2.75, 3.05) is 30.3 Å². The minimum Gasteiger partial charge on any atom is -0.371 e. The van der Waals surface area contributed by atoms with E-state index in [1.807, 2.05) is 42.5 Å². The van der Waals surface area contributed by atoms with Crippen LogP contribution in [0.15, 0.2) is 79.6 Å². The number of anilines is 3. The fourth-order valence-corrected chi connectivity index (χ4v) is 4.25. The molecule has 2 aromatic carbocycles. The molecule has 1 unspecified atom stereocenters. The van der Waals surface area contributed by atoms with Crippen LogP contribution in [-0.2, 0) is 9.53 Å². The van der Waals surface area contributed by atoms with Crippen molar-refractivity contribution < 1.29 is 9.53 Å². The van der Waals surface area contributed by atoms with E-state index in [-0.39, 0.29) is 18.1 Å². The SMILES string of the molecule is C=CC(=O)Nc1ccnc(-c2cccc3cnc(Nc4ccc([C@H]5OCCNC5CN)cc4)nc23)c1. The van der Waals surface area contributed by atoms with Gasteiger partial charge in [0.05, 0.1) is 23.9 Å². The van der Waals surface area contributed by atoms with E-state index in [2.05, 4.69) is 32.5 Å². The maximum atomic E-state index is 11.7. The van der Waals surface area contributed by atoms with Gasteiger partial charge in [-0.05, 0) is 35.9 Å². The van der Waals surface area contributed by atoms with Crippen molar-refractivity contribution in [2.45, 2.75) is 12.1 Å². The van der Waals surface area contributed by atoms with Gasteiger partial charge in [0.2, 0.25) is 11.9 Å². The van der Waals surface area contributed by atoms with Gasteiger partial charge in [-0.2, -0.15) is 0 Å². The van der Waals surface area contributed by atoms with Crippen LogP contribution in [0, 0.1) is 0 Å². The number of hydrogen-bond donors (Lipinski definition) is 4. The molecule has 5 rings (SSSR count). The number of para-hydroxylation sites is 1. The Morgan fingerprint density at radius 1 is 1.17 bits per heavy atom. The Bertz CT molecular complexity index is 1390. The van der Waals surface area contributed by atoms with E-state index in [9.17, 15) is 4.79 Å². The van der Waals surface area contributed by atoms with Crippen molar-refractivity contribution >= 4 is 34.1 Å². The zero-order chi connectivity index (χ0) is 24.9. The molecule has 9 nitrogen and oxygen atoms in total. The summed E-state index contributed by atoms with van der Waals surface area (Å²) in [6, 6.07) is 17.5. The molecule has 182 valence electrons. The van der Waals surface area contributed by atoms with Crippen LogP contribution in [-0.4, -0.2) is 46.6 Å². The molecule has 4 aromatic rings. The van der Waals surface area contributed by atoms with Crippen molar-refractivity contribution in [3.8, 4) is 11.3 Å². The van der Waals surface area contributed by atoms with Gasteiger partial charge in [-0.3, -0.25) is 9.78 Å². The minimum absolute atomic E-state index is 0.0724. The summed E-state index contributed by atoms with van der Waals surface area (Å²) in [5, 5.41) is 10.3. The lowest BCUT2D eigenvalue weighted by atomic mass is 10.0. The second-order valence-corrected chi connectivity index (χ2v) is 8.39. The molecule has 0 bridgehead atoms. The molecule has 1 amide bonds. The largest absolute Gasteiger partial charge is 0.371 e. The molecule has 0 radical (unpaired) electrons. The quantitative estimate of drug-likeness (QED) is 0.295. The number of morpholine rings is 1. The summed E-state index contributed by atoms with van der Waals surface area (Å²) in [7, 11) is 0. The minimum atomic E-state index is -0.283. The number of benzene rings is 2. The second kappa shape index (κ2) is 10.6. The molecule has 1 aliphatic rings. The van der Waals surface area contributed by atoms with Crippen LogP contribution in [0.5, 0.6) is 0 Å². The van der Waals surface area contributed by atoms with Gasteiger partial charge in [0.15, 0.2) is 0 Å². The summed E-state index contributed by atoms with van der Waals surface area (Å²) >= 11 is 0. The average molecular weight is 482 g/mol. The van der Waals surface area contributed by atoms with Gasteiger partial charge in [-0.25, -0.2) is 9.97 Å². The normalized spacial score (nSPS) is 17.5. The summed E-state index contributed by atoms with van der Waals surface area (Å²) in [5.41, 5.74) is 10.7. The topological polar surface area (TPSA) is 127 Å². The first kappa shape index (κ1) is 23.6. The van der Waals surface area contributed by atoms with Crippen molar-refractivity contribution in [1.29, 1.82) is 0 Å². The molecule has 1 saturated heterocycles. The van der Waals surface area contributed by atoms with Crippen molar-refractivity contribution in [3.63, 3.8) is 0 Å². The second-order valence-electron chi connectivity index (χ2n) is 8.39. The zero-order valence-corrected chi connectivity index (χ0v) is 19.6. The lowest BCUT2D eigenvalue weighted by Gasteiger charge is -2.32. The van der Waals surface area contributed by atoms with Gasteiger partial charge in [0, 0.05) is 53.8 Å². The highest BCUT2D eigenvalue weighted by Gasteiger charge is 2.25. The van der Waals surface area contributed by atoms with E-state index in [1.165, 1.54) is 6.08 Å². The van der Waals surface area contributed by atoms with E-state index in [4.69, 9.17) is 15.5 Å². The molecule has 1 aliphatic heterocycles. The molecule has 0 aliphatic carbocycles. The van der Waals surface area contributed by atoms with Crippen LogP contribution in [0.1, 0.15) is 11.7 Å². The number of nitrogens with one attached hydrogen (secondary N) is 3. The van der Waals surface area contributed by atoms with Crippen LogP contribution in [0.2, 0.25) is 0 Å². The van der Waals surface area contributed by atoms with Crippen molar-refractivity contribution in [3.05, 3.63) is 85.2 Å². The van der Waals surface area contributed by atoms with Crippen LogP contribution in [0.25, 0.3) is 22.2 Å². The lowest BCUT2D eigenvalue weighted by molar-refractivity contribution is -0.111. The number of carbonyl (C=O) groups excluding carboxylic acids is 1. The van der Waals surface area contributed by atoms with E-state index >= 15 is 0 Å². The van der Waals surface area contributed by atoms with Crippen molar-refractivity contribution in [1.82, 2.24) is 20.3 Å². The third kappa shape index (κ3) is 5.08. The summed E-state index contributed by atoms with van der Waals surface area (Å²) in [5.74, 6) is 0.184. The van der Waals surface area contributed by atoms with Crippen LogP contribution < -0.4 is 21.7 Å². The molecule has 0 saturated carbocycles. The van der Waals surface area contributed by atoms with Crippen LogP contribution in [0.4, 0.5) is 17.3 Å². The van der Waals surface area contributed by atoms with E-state index in [0.29, 0.717) is 30.5 Å². The highest BCUT2D eigenvalue weighted by molar-refractivity contribution is 5.99. The van der Waals surface area contributed by atoms with Gasteiger partial charge in [0.1, 0.15) is 0 Å². The Hall–Kier alpha value is -4.18. The summed E-state index contributed by atoms with van der Waals surface area (Å²) in [6.45, 7) is 5.47. The van der Waals surface area contributed by atoms with Gasteiger partial charge in [-0.15, -0.1) is 0 Å². The molecule has 5 N–H and O–H groups in total. The van der Waals surface area contributed by atoms with E-state index in [0.717, 1.165) is 34.3 Å². The molecule has 2 aromatic heterocycles. The maximum absolute atomic E-state index is 11.7. The third-order valence-corrected chi connectivity index (χ3v) is 6.02. The highest BCUT2D eigenvalue weighted by Crippen LogP contribution is 2.29. The molecular weight excluding hydrogens is 454 g/mol. The molecule has 36 heavy (non-hydrogen) atoms. The third-order valence-electron chi connectivity index (χ3n) is 6.02. The number of fused-ring (bicyclic) bond motifs is 1. The number of nitrogens with two attached hydrogens (primary N) is 1. The van der Waals surface area contributed by atoms with Gasteiger partial charge in [-0.1, -0.05) is 36.9 Å². The van der Waals surface area contributed by atoms with E-state index in [1.54, 1.807) is 24.5 Å². The Morgan fingerprint density at radius 3 is 2.83 bits per heavy atom. The number of rotatable bonds is 7. The fourth-order valence-electron chi connectivity index (χ4n) is 4.25. The predicted octanol–water partition coefficient (Wildman–Crippen LogP) is 3.55. The number of carbonyl (C=O) groups is 1. The molecular formula is C27H27N7O2. The summed E-state index contributed by atoms with van der Waals surface area (Å²) in [4.78, 5) is 25.5. The fraction of sp³-hybridized carbons (Fsp3) is 0.185. The van der Waals surface area contributed by atoms with E-state index < -0.39 is 0 Å². The smallest absolute Gasteiger partial charge is 0.247 e. The standard InChI is InChI=1S/C27H27N7O2/c1-2-24(35)32-20-10-11-29-22(14-20)21-5-3-4-18-16-31-27(34-25(18)21)33-19-8-6-17(7-9-19)26-23(15-28)30-12-13-36-26/h2-11,14,16,23,26,30H,1,12-13,15,28H2,(H,29,32,35)(H,31,33,34)/t23?,26-/m1/s1. The average Bonchev–Trinajstić information content (AvgIpc) is 2.93. The van der Waals surface area contributed by atoms with Gasteiger partial charge >= 0.3 is 0 Å². The Morgan fingerprint density at radius 2 is 2.03 bits per heavy atom. The molecule has 0 spiro atoms. The first-order chi connectivity index (χ1) is 17.6. The molecule has 3 heterocycles.